The quantitative estimate of drug-likeness (QED) is 0.159. The Labute approximate surface area is 240 Å². The molecule has 2 atom stereocenters. The number of aliphatic hydroxyl groups is 2. The molecule has 0 aliphatic carbocycles. The molecule has 40 heavy (non-hydrogen) atoms. The highest BCUT2D eigenvalue weighted by atomic mass is 16.3. The number of hydrogen-bond acceptors (Lipinski definition) is 4. The first-order valence-corrected chi connectivity index (χ1v) is 14.3. The third kappa shape index (κ3) is 13.0. The Morgan fingerprint density at radius 3 is 1.12 bits per heavy atom. The lowest BCUT2D eigenvalue weighted by Gasteiger charge is -2.24. The molecule has 0 aliphatic heterocycles. The summed E-state index contributed by atoms with van der Waals surface area (Å²) in [5.74, 6) is 0.161. The maximum absolute atomic E-state index is 9.67. The van der Waals surface area contributed by atoms with Crippen LogP contribution < -0.4 is 0 Å². The Balaban J connectivity index is 0.000000265. The Morgan fingerprint density at radius 1 is 0.475 bits per heavy atom. The van der Waals surface area contributed by atoms with Crippen LogP contribution in [-0.2, 0) is 25.7 Å². The summed E-state index contributed by atoms with van der Waals surface area (Å²) in [6.07, 6.45) is 6.06. The van der Waals surface area contributed by atoms with Crippen molar-refractivity contribution in [2.75, 3.05) is 13.2 Å². The van der Waals surface area contributed by atoms with Crippen LogP contribution in [0, 0.1) is 11.8 Å². The van der Waals surface area contributed by atoms with Crippen molar-refractivity contribution < 1.29 is 20.4 Å². The largest absolute Gasteiger partial charge is 0.508 e. The number of rotatable bonds is 11. The predicted octanol–water partition coefficient (Wildman–Crippen LogP) is 7.38. The Hall–Kier alpha value is -3.60. The van der Waals surface area contributed by atoms with E-state index in [1.807, 2.05) is 12.1 Å². The predicted molar refractivity (Wildman–Crippen MR) is 166 cm³/mol. The van der Waals surface area contributed by atoms with Gasteiger partial charge in [-0.05, 0) is 84.0 Å². The van der Waals surface area contributed by atoms with Crippen molar-refractivity contribution in [1.29, 1.82) is 0 Å². The second kappa shape index (κ2) is 19.5. The molecule has 0 bridgehead atoms. The molecule has 0 unspecified atom stereocenters. The zero-order valence-corrected chi connectivity index (χ0v) is 24.0. The fraction of sp³-hybridized carbons (Fsp3) is 0.333. The SMILES string of the molecule is CCCC.OC[C@H](Cc1cccc(O)c1)[C@H](CO)Cc1cccc(O)c1.c1ccc(CCc2ccccc2)cc1. The van der Waals surface area contributed by atoms with Crippen molar-refractivity contribution in [3.05, 3.63) is 131 Å². The fourth-order valence-electron chi connectivity index (χ4n) is 4.31. The van der Waals surface area contributed by atoms with Gasteiger partial charge in [0.2, 0.25) is 0 Å². The molecular formula is C36H46O4. The van der Waals surface area contributed by atoms with Crippen molar-refractivity contribution in [1.82, 2.24) is 0 Å². The van der Waals surface area contributed by atoms with Crippen molar-refractivity contribution >= 4 is 0 Å². The average molecular weight is 543 g/mol. The van der Waals surface area contributed by atoms with E-state index in [2.05, 4.69) is 74.5 Å². The first-order chi connectivity index (χ1) is 19.5. The van der Waals surface area contributed by atoms with Gasteiger partial charge in [0.15, 0.2) is 0 Å². The molecule has 4 aromatic carbocycles. The zero-order chi connectivity index (χ0) is 29.0. The Kier molecular flexibility index (Phi) is 15.9. The van der Waals surface area contributed by atoms with Crippen LogP contribution in [-0.4, -0.2) is 33.6 Å². The molecule has 0 aromatic heterocycles. The van der Waals surface area contributed by atoms with Gasteiger partial charge < -0.3 is 20.4 Å². The maximum atomic E-state index is 9.67. The standard InChI is InChI=1S/C18H22O4.C14H14.C4H10/c19-11-15(7-13-3-1-5-17(21)9-13)16(12-20)8-14-4-2-6-18(22)10-14;1-3-7-13(8-4-1)11-12-14-9-5-2-6-10-14;1-3-4-2/h1-6,9-10,15-16,19-22H,7-8,11-12H2;1-10H,11-12H2;3-4H2,1-2H3/t15-,16-;;/m0../s1. The van der Waals surface area contributed by atoms with Gasteiger partial charge in [-0.2, -0.15) is 0 Å². The van der Waals surface area contributed by atoms with Gasteiger partial charge in [0, 0.05) is 13.2 Å². The number of hydrogen-bond donors (Lipinski definition) is 4. The number of phenols is 2. The lowest BCUT2D eigenvalue weighted by Crippen LogP contribution is -2.26. The van der Waals surface area contributed by atoms with Crippen LogP contribution in [0.15, 0.2) is 109 Å². The lowest BCUT2D eigenvalue weighted by molar-refractivity contribution is 0.119. The molecular weight excluding hydrogens is 496 g/mol. The fourth-order valence-corrected chi connectivity index (χ4v) is 4.31. The summed E-state index contributed by atoms with van der Waals surface area (Å²) >= 11 is 0. The minimum Gasteiger partial charge on any atom is -0.508 e. The highest BCUT2D eigenvalue weighted by molar-refractivity contribution is 5.29. The molecule has 4 rings (SSSR count). The van der Waals surface area contributed by atoms with Crippen LogP contribution in [0.4, 0.5) is 0 Å². The first-order valence-electron chi connectivity index (χ1n) is 14.3. The van der Waals surface area contributed by atoms with Crippen molar-refractivity contribution in [2.24, 2.45) is 11.8 Å². The number of aliphatic hydroxyl groups excluding tert-OH is 2. The number of phenolic OH excluding ortho intramolecular Hbond substituents is 2. The molecule has 0 radical (unpaired) electrons. The van der Waals surface area contributed by atoms with Gasteiger partial charge in [0.25, 0.3) is 0 Å². The van der Waals surface area contributed by atoms with Crippen molar-refractivity contribution in [3.63, 3.8) is 0 Å². The first kappa shape index (κ1) is 32.6. The van der Waals surface area contributed by atoms with E-state index in [0.717, 1.165) is 24.0 Å². The molecule has 0 amide bonds. The average Bonchev–Trinajstić information content (AvgIpc) is 2.99. The van der Waals surface area contributed by atoms with E-state index in [9.17, 15) is 20.4 Å². The normalized spacial score (nSPS) is 11.8. The summed E-state index contributed by atoms with van der Waals surface area (Å²) in [5, 5.41) is 38.4. The molecule has 4 heteroatoms. The minimum absolute atomic E-state index is 0.0420. The lowest BCUT2D eigenvalue weighted by atomic mass is 9.83. The van der Waals surface area contributed by atoms with Crippen molar-refractivity contribution in [2.45, 2.75) is 52.4 Å². The van der Waals surface area contributed by atoms with Gasteiger partial charge in [-0.1, -0.05) is 112 Å². The van der Waals surface area contributed by atoms with Crippen molar-refractivity contribution in [3.8, 4) is 11.5 Å². The van der Waals surface area contributed by atoms with E-state index in [1.165, 1.54) is 24.0 Å². The third-order valence-corrected chi connectivity index (χ3v) is 6.84. The van der Waals surface area contributed by atoms with Gasteiger partial charge in [0.1, 0.15) is 11.5 Å². The molecule has 0 saturated carbocycles. The summed E-state index contributed by atoms with van der Waals surface area (Å²) in [4.78, 5) is 0. The number of benzene rings is 4. The Bertz CT molecular complexity index is 1080. The zero-order valence-electron chi connectivity index (χ0n) is 24.0. The Morgan fingerprint density at radius 2 is 0.825 bits per heavy atom. The molecule has 0 fully saturated rings. The van der Waals surface area contributed by atoms with Crippen LogP contribution in [0.5, 0.6) is 11.5 Å². The molecule has 0 spiro atoms. The van der Waals surface area contributed by atoms with E-state index < -0.39 is 0 Å². The van der Waals surface area contributed by atoms with Gasteiger partial charge in [0.05, 0.1) is 0 Å². The molecule has 4 N–H and O–H groups in total. The topological polar surface area (TPSA) is 80.9 Å². The van der Waals surface area contributed by atoms with Gasteiger partial charge >= 0.3 is 0 Å². The molecule has 214 valence electrons. The molecule has 0 saturated heterocycles. The van der Waals surface area contributed by atoms with E-state index in [4.69, 9.17) is 0 Å². The molecule has 4 nitrogen and oxygen atoms in total. The summed E-state index contributed by atoms with van der Waals surface area (Å²) in [6, 6.07) is 35.1. The van der Waals surface area contributed by atoms with E-state index in [-0.39, 0.29) is 36.5 Å². The van der Waals surface area contributed by atoms with E-state index >= 15 is 0 Å². The smallest absolute Gasteiger partial charge is 0.115 e. The van der Waals surface area contributed by atoms with Crippen LogP contribution in [0.1, 0.15) is 48.9 Å². The van der Waals surface area contributed by atoms with Gasteiger partial charge in [-0.25, -0.2) is 0 Å². The summed E-state index contributed by atoms with van der Waals surface area (Å²) in [7, 11) is 0. The number of aromatic hydroxyl groups is 2. The highest BCUT2D eigenvalue weighted by Crippen LogP contribution is 2.24. The van der Waals surface area contributed by atoms with Gasteiger partial charge in [-0.3, -0.25) is 0 Å². The van der Waals surface area contributed by atoms with Gasteiger partial charge in [-0.15, -0.1) is 0 Å². The highest BCUT2D eigenvalue weighted by Gasteiger charge is 2.21. The second-order valence-corrected chi connectivity index (χ2v) is 10.1. The molecule has 0 aliphatic rings. The maximum Gasteiger partial charge on any atom is 0.115 e. The summed E-state index contributed by atoms with van der Waals surface area (Å²) in [6.45, 7) is 4.28. The van der Waals surface area contributed by atoms with Crippen LogP contribution in [0.3, 0.4) is 0 Å². The van der Waals surface area contributed by atoms with E-state index in [1.54, 1.807) is 36.4 Å². The monoisotopic (exact) mass is 542 g/mol. The number of aryl methyl sites for hydroxylation is 2. The third-order valence-electron chi connectivity index (χ3n) is 6.84. The second-order valence-electron chi connectivity index (χ2n) is 10.1. The van der Waals surface area contributed by atoms with Crippen LogP contribution >= 0.6 is 0 Å². The minimum atomic E-state index is -0.117. The summed E-state index contributed by atoms with van der Waals surface area (Å²) in [5.41, 5.74) is 4.68. The van der Waals surface area contributed by atoms with E-state index in [0.29, 0.717) is 12.8 Å². The van der Waals surface area contributed by atoms with Crippen LogP contribution in [0.2, 0.25) is 0 Å². The number of unbranched alkanes of at least 4 members (excludes halogenated alkanes) is 1. The molecule has 4 aromatic rings. The summed E-state index contributed by atoms with van der Waals surface area (Å²) < 4.78 is 0. The van der Waals surface area contributed by atoms with Crippen LogP contribution in [0.25, 0.3) is 0 Å². The molecule has 0 heterocycles.